The molecule has 1 fully saturated rings. The van der Waals surface area contributed by atoms with E-state index in [2.05, 4.69) is 57.3 Å². The van der Waals surface area contributed by atoms with Gasteiger partial charge in [-0.25, -0.2) is 9.98 Å². The number of para-hydroxylation sites is 1. The average molecular weight is 538 g/mol. The summed E-state index contributed by atoms with van der Waals surface area (Å²) in [5, 5.41) is 3.30. The van der Waals surface area contributed by atoms with Crippen molar-refractivity contribution in [1.82, 2.24) is 4.98 Å². The average Bonchev–Trinajstić information content (AvgIpc) is 3.73. The number of methoxy groups -OCH3 is 1. The second-order valence-corrected chi connectivity index (χ2v) is 9.73. The highest BCUT2D eigenvalue weighted by atomic mass is 32.2. The zero-order valence-corrected chi connectivity index (χ0v) is 23.7. The van der Waals surface area contributed by atoms with Gasteiger partial charge in [-0.05, 0) is 66.3 Å². The number of aromatic nitrogens is 1. The molecule has 1 saturated carbocycles. The van der Waals surface area contributed by atoms with E-state index in [9.17, 15) is 0 Å². The quantitative estimate of drug-likeness (QED) is 0.139. The van der Waals surface area contributed by atoms with Crippen LogP contribution in [0.25, 0.3) is 0 Å². The molecule has 38 heavy (non-hydrogen) atoms. The minimum Gasteiger partial charge on any atom is -0.490 e. The van der Waals surface area contributed by atoms with Crippen LogP contribution in [0.2, 0.25) is 0 Å². The predicted octanol–water partition coefficient (Wildman–Crippen LogP) is 5.60. The molecule has 8 nitrogen and oxygen atoms in total. The van der Waals surface area contributed by atoms with Crippen molar-refractivity contribution in [2.75, 3.05) is 44.7 Å². The van der Waals surface area contributed by atoms with E-state index in [1.54, 1.807) is 32.2 Å². The number of hydrogen-bond donors (Lipinski definition) is 3. The second-order valence-electron chi connectivity index (χ2n) is 8.40. The first-order chi connectivity index (χ1) is 18.5. The number of carbonyl (C=O) groups is 1. The molecular formula is C29H39N5O3S. The number of benzene rings is 2. The Balaban J connectivity index is 0.000000947. The number of amidine groups is 1. The lowest BCUT2D eigenvalue weighted by Gasteiger charge is -2.11. The topological polar surface area (TPSA) is 125 Å². The largest absolute Gasteiger partial charge is 0.490 e. The van der Waals surface area contributed by atoms with E-state index in [1.807, 2.05) is 39.0 Å². The Bertz CT molecular complexity index is 1200. The molecule has 0 amide bonds. The zero-order chi connectivity index (χ0) is 28.1. The molecule has 3 aromatic rings. The fraction of sp³-hybridized carbons (Fsp3) is 0.345. The molecule has 0 aliphatic heterocycles. The van der Waals surface area contributed by atoms with Crippen LogP contribution in [-0.2, 0) is 9.53 Å². The highest BCUT2D eigenvalue weighted by Crippen LogP contribution is 2.56. The molecule has 1 aliphatic carbocycles. The van der Waals surface area contributed by atoms with Crippen LogP contribution in [0.4, 0.5) is 17.2 Å². The van der Waals surface area contributed by atoms with Crippen LogP contribution in [0.15, 0.2) is 64.6 Å². The van der Waals surface area contributed by atoms with E-state index in [0.29, 0.717) is 47.1 Å². The highest BCUT2D eigenvalue weighted by Gasteiger charge is 2.40. The maximum atomic E-state index is 8.00. The van der Waals surface area contributed by atoms with Crippen molar-refractivity contribution in [3.05, 3.63) is 71.4 Å². The molecular weight excluding hydrogens is 498 g/mol. The minimum absolute atomic E-state index is 0.330. The first-order valence-corrected chi connectivity index (χ1v) is 13.4. The third-order valence-electron chi connectivity index (χ3n) is 5.84. The maximum Gasteiger partial charge on any atom is 0.197 e. The smallest absolute Gasteiger partial charge is 0.197 e. The van der Waals surface area contributed by atoms with Gasteiger partial charge in [-0.3, -0.25) is 0 Å². The van der Waals surface area contributed by atoms with E-state index in [-0.39, 0.29) is 0 Å². The summed E-state index contributed by atoms with van der Waals surface area (Å²) < 4.78 is 10.00. The first-order valence-electron chi connectivity index (χ1n) is 12.4. The SMILES string of the molecule is C=O.CCOc1cc(SCC)cnc1/N=C(\N)c1ccc(C2CC2c2ccccc2NC)cc1N.COC. The van der Waals surface area contributed by atoms with Gasteiger partial charge < -0.3 is 31.1 Å². The lowest BCUT2D eigenvalue weighted by Crippen LogP contribution is -2.15. The Kier molecular flexibility index (Phi) is 12.6. The van der Waals surface area contributed by atoms with Gasteiger partial charge in [0.25, 0.3) is 0 Å². The number of thioether (sulfide) groups is 1. The fourth-order valence-electron chi connectivity index (χ4n) is 4.19. The number of anilines is 2. The number of pyridine rings is 1. The number of nitrogens with one attached hydrogen (secondary N) is 1. The first kappa shape index (κ1) is 30.7. The zero-order valence-electron chi connectivity index (χ0n) is 22.9. The Morgan fingerprint density at radius 3 is 2.50 bits per heavy atom. The van der Waals surface area contributed by atoms with Crippen molar-refractivity contribution in [3.8, 4) is 5.75 Å². The van der Waals surface area contributed by atoms with Gasteiger partial charge in [0.15, 0.2) is 11.6 Å². The number of nitrogen functional groups attached to an aromatic ring is 1. The lowest BCUT2D eigenvalue weighted by molar-refractivity contribution is -0.0980. The number of ether oxygens (including phenoxy) is 2. The second kappa shape index (κ2) is 15.6. The van der Waals surface area contributed by atoms with E-state index in [0.717, 1.165) is 17.1 Å². The number of hydrogen-bond acceptors (Lipinski definition) is 8. The van der Waals surface area contributed by atoms with Crippen LogP contribution in [-0.4, -0.2) is 51.2 Å². The van der Waals surface area contributed by atoms with Crippen LogP contribution in [0.3, 0.4) is 0 Å². The van der Waals surface area contributed by atoms with Gasteiger partial charge in [0.1, 0.15) is 12.6 Å². The Morgan fingerprint density at radius 1 is 1.16 bits per heavy atom. The molecule has 2 aromatic carbocycles. The molecule has 1 heterocycles. The van der Waals surface area contributed by atoms with E-state index >= 15 is 0 Å². The normalized spacial score (nSPS) is 15.9. The van der Waals surface area contributed by atoms with Crippen molar-refractivity contribution in [3.63, 3.8) is 0 Å². The summed E-state index contributed by atoms with van der Waals surface area (Å²) in [6.45, 7) is 6.57. The summed E-state index contributed by atoms with van der Waals surface area (Å²) in [7, 11) is 5.22. The van der Waals surface area contributed by atoms with Gasteiger partial charge in [-0.1, -0.05) is 31.2 Å². The molecule has 1 aromatic heterocycles. The number of rotatable bonds is 9. The van der Waals surface area contributed by atoms with Crippen molar-refractivity contribution in [2.24, 2.45) is 10.7 Å². The molecule has 2 unspecified atom stereocenters. The van der Waals surface area contributed by atoms with Crippen LogP contribution in [0, 0.1) is 0 Å². The van der Waals surface area contributed by atoms with Crippen molar-refractivity contribution < 1.29 is 14.3 Å². The van der Waals surface area contributed by atoms with Gasteiger partial charge in [0, 0.05) is 49.3 Å². The molecule has 4 rings (SSSR count). The van der Waals surface area contributed by atoms with Gasteiger partial charge in [-0.2, -0.15) is 0 Å². The molecule has 2 atom stereocenters. The number of aliphatic imine (C=N–C) groups is 1. The standard InChI is InChI=1S/C26H31N5OS.C2H6O.CH2O/c1-4-32-24-13-17(33-5-2)15-30-26(24)31-25(28)19-11-10-16(12-22(19)27)20-14-21(20)18-8-6-7-9-23(18)29-3;1-3-2;1-2/h6-13,15,20-21,29H,4-5,14,27H2,1-3H3,(H2,28,30,31);1-2H3;1H2. The van der Waals surface area contributed by atoms with Crippen LogP contribution in [0.5, 0.6) is 5.75 Å². The summed E-state index contributed by atoms with van der Waals surface area (Å²) in [5.74, 6) is 3.34. The van der Waals surface area contributed by atoms with Crippen LogP contribution >= 0.6 is 11.8 Å². The third kappa shape index (κ3) is 7.97. The maximum absolute atomic E-state index is 8.00. The van der Waals surface area contributed by atoms with Gasteiger partial charge in [0.05, 0.1) is 6.61 Å². The summed E-state index contributed by atoms with van der Waals surface area (Å²) in [6, 6.07) is 16.5. The predicted molar refractivity (Wildman–Crippen MR) is 159 cm³/mol. The molecule has 1 aliphatic rings. The molecule has 0 saturated heterocycles. The molecule has 204 valence electrons. The van der Waals surface area contributed by atoms with Crippen LogP contribution < -0.4 is 21.5 Å². The van der Waals surface area contributed by atoms with Crippen molar-refractivity contribution >= 4 is 41.6 Å². The van der Waals surface area contributed by atoms with Gasteiger partial charge >= 0.3 is 0 Å². The lowest BCUT2D eigenvalue weighted by atomic mass is 10.0. The van der Waals surface area contributed by atoms with Crippen molar-refractivity contribution in [1.29, 1.82) is 0 Å². The molecule has 0 spiro atoms. The summed E-state index contributed by atoms with van der Waals surface area (Å²) >= 11 is 1.71. The number of carbonyl (C=O) groups excluding carboxylic acids is 1. The Morgan fingerprint density at radius 2 is 1.87 bits per heavy atom. The van der Waals surface area contributed by atoms with Gasteiger partial charge in [-0.15, -0.1) is 11.8 Å². The molecule has 0 bridgehead atoms. The number of nitrogens with two attached hydrogens (primary N) is 2. The number of nitrogens with zero attached hydrogens (tertiary/aromatic N) is 2. The van der Waals surface area contributed by atoms with E-state index < -0.39 is 0 Å². The van der Waals surface area contributed by atoms with Crippen LogP contribution in [0.1, 0.15) is 48.8 Å². The van der Waals surface area contributed by atoms with E-state index in [4.69, 9.17) is 21.0 Å². The molecule has 9 heteroatoms. The highest BCUT2D eigenvalue weighted by molar-refractivity contribution is 7.99. The third-order valence-corrected chi connectivity index (χ3v) is 6.69. The minimum atomic E-state index is 0.330. The fourth-order valence-corrected chi connectivity index (χ4v) is 4.84. The monoisotopic (exact) mass is 537 g/mol. The Hall–Kier alpha value is -3.56. The summed E-state index contributed by atoms with van der Waals surface area (Å²) in [4.78, 5) is 18.1. The summed E-state index contributed by atoms with van der Waals surface area (Å²) in [5.41, 5.74) is 17.9. The van der Waals surface area contributed by atoms with E-state index in [1.165, 1.54) is 16.8 Å². The molecule has 0 radical (unpaired) electrons. The Labute approximate surface area is 230 Å². The summed E-state index contributed by atoms with van der Waals surface area (Å²) in [6.07, 6.45) is 2.91. The molecule has 5 N–H and O–H groups in total. The van der Waals surface area contributed by atoms with Gasteiger partial charge in [0.2, 0.25) is 0 Å². The van der Waals surface area contributed by atoms with Crippen molar-refractivity contribution in [2.45, 2.75) is 37.0 Å².